The Morgan fingerprint density at radius 2 is 1.84 bits per heavy atom. The number of aromatic nitrogens is 1. The van der Waals surface area contributed by atoms with E-state index < -0.39 is 0 Å². The lowest BCUT2D eigenvalue weighted by molar-refractivity contribution is 1.26. The van der Waals surface area contributed by atoms with Crippen molar-refractivity contribution in [2.45, 2.75) is 20.8 Å². The zero-order valence-electron chi connectivity index (χ0n) is 11.3. The van der Waals surface area contributed by atoms with Gasteiger partial charge in [0.1, 0.15) is 10.7 Å². The fourth-order valence-electron chi connectivity index (χ4n) is 2.21. The Labute approximate surface area is 118 Å². The molecular weight excluding hydrogens is 254 g/mol. The molecule has 1 aromatic heterocycles. The van der Waals surface area contributed by atoms with E-state index in [1.54, 1.807) is 6.20 Å². The van der Waals surface area contributed by atoms with Crippen LogP contribution in [0.25, 0.3) is 0 Å². The Morgan fingerprint density at radius 3 is 2.42 bits per heavy atom. The number of pyridine rings is 1. The normalized spacial score (nSPS) is 10.3. The Morgan fingerprint density at radius 1 is 1.21 bits per heavy atom. The van der Waals surface area contributed by atoms with Crippen molar-refractivity contribution in [1.82, 2.24) is 4.98 Å². The van der Waals surface area contributed by atoms with Gasteiger partial charge in [-0.15, -0.1) is 0 Å². The SMILES string of the molecule is Cc1cc(C)c(Nc2cccnc2C(N)=S)c(C)c1. The molecule has 0 aliphatic rings. The van der Waals surface area contributed by atoms with Crippen LogP contribution in [0.3, 0.4) is 0 Å². The first-order valence-corrected chi connectivity index (χ1v) is 6.49. The molecule has 0 bridgehead atoms. The van der Waals surface area contributed by atoms with Gasteiger partial charge in [-0.05, 0) is 44.0 Å². The maximum Gasteiger partial charge on any atom is 0.124 e. The Bertz CT molecular complexity index is 612. The van der Waals surface area contributed by atoms with Crippen LogP contribution in [0.15, 0.2) is 30.5 Å². The van der Waals surface area contributed by atoms with Crippen LogP contribution < -0.4 is 11.1 Å². The summed E-state index contributed by atoms with van der Waals surface area (Å²) in [5.41, 5.74) is 11.9. The van der Waals surface area contributed by atoms with Gasteiger partial charge in [-0.1, -0.05) is 29.9 Å². The second-order valence-corrected chi connectivity index (χ2v) is 5.10. The van der Waals surface area contributed by atoms with Crippen LogP contribution >= 0.6 is 12.2 Å². The molecule has 1 aromatic carbocycles. The van der Waals surface area contributed by atoms with Crippen LogP contribution in [0.1, 0.15) is 22.4 Å². The van der Waals surface area contributed by atoms with E-state index in [2.05, 4.69) is 43.2 Å². The van der Waals surface area contributed by atoms with Crippen molar-refractivity contribution in [3.8, 4) is 0 Å². The predicted octanol–water partition coefficient (Wildman–Crippen LogP) is 3.38. The lowest BCUT2D eigenvalue weighted by Crippen LogP contribution is -2.14. The van der Waals surface area contributed by atoms with Gasteiger partial charge in [0.2, 0.25) is 0 Å². The third-order valence-corrected chi connectivity index (χ3v) is 3.17. The molecule has 0 amide bonds. The first-order valence-electron chi connectivity index (χ1n) is 6.08. The van der Waals surface area contributed by atoms with Crippen molar-refractivity contribution in [2.24, 2.45) is 5.73 Å². The fourth-order valence-corrected chi connectivity index (χ4v) is 2.38. The summed E-state index contributed by atoms with van der Waals surface area (Å²) in [5, 5.41) is 3.39. The lowest BCUT2D eigenvalue weighted by Gasteiger charge is -2.15. The van der Waals surface area contributed by atoms with Gasteiger partial charge >= 0.3 is 0 Å². The summed E-state index contributed by atoms with van der Waals surface area (Å²) in [5.74, 6) is 0. The molecule has 0 spiro atoms. The van der Waals surface area contributed by atoms with Gasteiger partial charge in [-0.2, -0.15) is 0 Å². The summed E-state index contributed by atoms with van der Waals surface area (Å²) in [6, 6.07) is 8.08. The molecule has 0 saturated carbocycles. The van der Waals surface area contributed by atoms with E-state index in [4.69, 9.17) is 18.0 Å². The third-order valence-electron chi connectivity index (χ3n) is 2.98. The highest BCUT2D eigenvalue weighted by atomic mass is 32.1. The summed E-state index contributed by atoms with van der Waals surface area (Å²) in [7, 11) is 0. The summed E-state index contributed by atoms with van der Waals surface area (Å²) >= 11 is 5.03. The standard InChI is InChI=1S/C15H17N3S/c1-9-7-10(2)13(11(3)8-9)18-12-5-4-6-17-14(12)15(16)19/h4-8,18H,1-3H3,(H2,16,19). The van der Waals surface area contributed by atoms with E-state index in [0.29, 0.717) is 10.7 Å². The van der Waals surface area contributed by atoms with Crippen LogP contribution in [0.4, 0.5) is 11.4 Å². The van der Waals surface area contributed by atoms with Crippen LogP contribution in [0, 0.1) is 20.8 Å². The molecule has 98 valence electrons. The molecule has 0 aliphatic carbocycles. The van der Waals surface area contributed by atoms with Gasteiger partial charge in [-0.3, -0.25) is 4.98 Å². The number of rotatable bonds is 3. The van der Waals surface area contributed by atoms with Crippen molar-refractivity contribution >= 4 is 28.6 Å². The summed E-state index contributed by atoms with van der Waals surface area (Å²) in [4.78, 5) is 4.52. The molecule has 19 heavy (non-hydrogen) atoms. The van der Waals surface area contributed by atoms with Gasteiger partial charge in [-0.25, -0.2) is 0 Å². The van der Waals surface area contributed by atoms with Crippen molar-refractivity contribution in [3.05, 3.63) is 52.8 Å². The molecule has 0 aliphatic heterocycles. The number of nitrogens with two attached hydrogens (primary N) is 1. The topological polar surface area (TPSA) is 50.9 Å². The Balaban J connectivity index is 2.45. The van der Waals surface area contributed by atoms with E-state index in [1.165, 1.54) is 16.7 Å². The number of nitrogens with one attached hydrogen (secondary N) is 1. The lowest BCUT2D eigenvalue weighted by atomic mass is 10.0. The monoisotopic (exact) mass is 271 g/mol. The van der Waals surface area contributed by atoms with E-state index in [0.717, 1.165) is 11.4 Å². The average molecular weight is 271 g/mol. The number of nitrogens with zero attached hydrogens (tertiary/aromatic N) is 1. The highest BCUT2D eigenvalue weighted by Crippen LogP contribution is 2.27. The molecule has 2 rings (SSSR count). The molecule has 3 nitrogen and oxygen atoms in total. The molecule has 0 unspecified atom stereocenters. The zero-order chi connectivity index (χ0) is 14.0. The van der Waals surface area contributed by atoms with E-state index in [1.807, 2.05) is 12.1 Å². The molecular formula is C15H17N3S. The van der Waals surface area contributed by atoms with Gasteiger partial charge in [0.15, 0.2) is 0 Å². The molecule has 3 N–H and O–H groups in total. The van der Waals surface area contributed by atoms with E-state index in [9.17, 15) is 0 Å². The second-order valence-electron chi connectivity index (χ2n) is 4.66. The zero-order valence-corrected chi connectivity index (χ0v) is 12.1. The maximum absolute atomic E-state index is 5.70. The predicted molar refractivity (Wildman–Crippen MR) is 84.1 cm³/mol. The number of benzene rings is 1. The molecule has 4 heteroatoms. The van der Waals surface area contributed by atoms with Gasteiger partial charge in [0.05, 0.1) is 5.69 Å². The number of thiocarbonyl (C=S) groups is 1. The quantitative estimate of drug-likeness (QED) is 0.840. The number of hydrogen-bond acceptors (Lipinski definition) is 3. The third kappa shape index (κ3) is 2.90. The smallest absolute Gasteiger partial charge is 0.124 e. The first-order chi connectivity index (χ1) is 8.99. The second kappa shape index (κ2) is 5.36. The summed E-state index contributed by atoms with van der Waals surface area (Å²) in [6.07, 6.45) is 1.69. The van der Waals surface area contributed by atoms with Crippen molar-refractivity contribution in [3.63, 3.8) is 0 Å². The minimum atomic E-state index is 0.297. The minimum absolute atomic E-state index is 0.297. The van der Waals surface area contributed by atoms with Gasteiger partial charge < -0.3 is 11.1 Å². The molecule has 0 radical (unpaired) electrons. The van der Waals surface area contributed by atoms with Crippen molar-refractivity contribution < 1.29 is 0 Å². The average Bonchev–Trinajstić information content (AvgIpc) is 2.34. The Hall–Kier alpha value is -1.94. The number of anilines is 2. The minimum Gasteiger partial charge on any atom is -0.388 e. The van der Waals surface area contributed by atoms with Crippen molar-refractivity contribution in [1.29, 1.82) is 0 Å². The van der Waals surface area contributed by atoms with Crippen LogP contribution in [-0.2, 0) is 0 Å². The molecule has 1 heterocycles. The van der Waals surface area contributed by atoms with Crippen molar-refractivity contribution in [2.75, 3.05) is 5.32 Å². The largest absolute Gasteiger partial charge is 0.388 e. The Kier molecular flexibility index (Phi) is 3.81. The molecule has 2 aromatic rings. The maximum atomic E-state index is 5.70. The van der Waals surface area contributed by atoms with Crippen LogP contribution in [0.5, 0.6) is 0 Å². The van der Waals surface area contributed by atoms with Crippen LogP contribution in [-0.4, -0.2) is 9.97 Å². The highest BCUT2D eigenvalue weighted by molar-refractivity contribution is 7.80. The first kappa shape index (κ1) is 13.5. The van der Waals surface area contributed by atoms with Gasteiger partial charge in [0, 0.05) is 11.9 Å². The van der Waals surface area contributed by atoms with Crippen LogP contribution in [0.2, 0.25) is 0 Å². The van der Waals surface area contributed by atoms with E-state index >= 15 is 0 Å². The van der Waals surface area contributed by atoms with E-state index in [-0.39, 0.29) is 0 Å². The number of hydrogen-bond donors (Lipinski definition) is 2. The molecule has 0 fully saturated rings. The van der Waals surface area contributed by atoms with Gasteiger partial charge in [0.25, 0.3) is 0 Å². The summed E-state index contributed by atoms with van der Waals surface area (Å²) in [6.45, 7) is 6.26. The fraction of sp³-hybridized carbons (Fsp3) is 0.200. The highest BCUT2D eigenvalue weighted by Gasteiger charge is 2.09. The number of aryl methyl sites for hydroxylation is 3. The summed E-state index contributed by atoms with van der Waals surface area (Å²) < 4.78 is 0. The molecule has 0 saturated heterocycles. The molecule has 0 atom stereocenters.